The minimum absolute atomic E-state index is 0.351. The number of benzene rings is 1. The molecule has 1 aromatic rings. The van der Waals surface area contributed by atoms with Gasteiger partial charge in [0.15, 0.2) is 0 Å². The Bertz CT molecular complexity index is 379. The molecule has 0 aliphatic rings. The van der Waals surface area contributed by atoms with E-state index in [9.17, 15) is 4.79 Å². The molecule has 1 atom stereocenters. The second-order valence-corrected chi connectivity index (χ2v) is 4.61. The monoisotopic (exact) mass is 315 g/mol. The molecule has 0 amide bonds. The molecule has 0 aliphatic heterocycles. The summed E-state index contributed by atoms with van der Waals surface area (Å²) in [6.45, 7) is 1.49. The Morgan fingerprint density at radius 3 is 2.87 bits per heavy atom. The third kappa shape index (κ3) is 3.73. The Kier molecular flexibility index (Phi) is 4.93. The van der Waals surface area contributed by atoms with Gasteiger partial charge in [-0.1, -0.05) is 0 Å². The van der Waals surface area contributed by atoms with Crippen molar-refractivity contribution < 1.29 is 30.3 Å². The van der Waals surface area contributed by atoms with Gasteiger partial charge in [0.25, 0.3) is 0 Å². The van der Waals surface area contributed by atoms with E-state index in [0.29, 0.717) is 5.75 Å². The van der Waals surface area contributed by atoms with Gasteiger partial charge in [-0.3, -0.25) is 0 Å². The fourth-order valence-corrected chi connectivity index (χ4v) is 2.07. The molecule has 0 bridgehead atoms. The fraction of sp³-hybridized carbons (Fsp3) is 0.200. The van der Waals surface area contributed by atoms with Crippen molar-refractivity contribution in [2.24, 2.45) is 0 Å². The quantitative estimate of drug-likeness (QED) is 0.864. The molecule has 0 fully saturated rings. The van der Waals surface area contributed by atoms with Crippen LogP contribution in [0.1, 0.15) is 12.5 Å². The molecule has 5 heteroatoms. The Balaban J connectivity index is 2.88. The molecule has 15 heavy (non-hydrogen) atoms. The first-order valence-corrected chi connectivity index (χ1v) is 7.43. The van der Waals surface area contributed by atoms with E-state index in [1.807, 2.05) is 16.7 Å². The van der Waals surface area contributed by atoms with E-state index in [4.69, 9.17) is 19.5 Å². The van der Waals surface area contributed by atoms with Gasteiger partial charge in [0, 0.05) is 0 Å². The molecule has 0 aliphatic carbocycles. The van der Waals surface area contributed by atoms with Crippen LogP contribution in [0.4, 0.5) is 0 Å². The maximum atomic E-state index is 10.6. The van der Waals surface area contributed by atoms with Crippen LogP contribution in [0.3, 0.4) is 0 Å². The van der Waals surface area contributed by atoms with Crippen LogP contribution in [0.5, 0.6) is 5.75 Å². The van der Waals surface area contributed by atoms with E-state index in [2.05, 4.69) is 0 Å². The topological polar surface area (TPSA) is 46.5 Å². The zero-order valence-electron chi connectivity index (χ0n) is 7.96. The van der Waals surface area contributed by atoms with E-state index in [1.54, 1.807) is 12.1 Å². The van der Waals surface area contributed by atoms with E-state index >= 15 is 0 Å². The van der Waals surface area contributed by atoms with Gasteiger partial charge < -0.3 is 0 Å². The molecular weight excluding hydrogens is 305 g/mol. The Labute approximate surface area is 99.2 Å². The minimum atomic E-state index is -0.983. The number of carbonyl (C=O) groups is 1. The summed E-state index contributed by atoms with van der Waals surface area (Å²) in [6.07, 6.45) is -0.856. The van der Waals surface area contributed by atoms with Crippen molar-refractivity contribution in [3.8, 4) is 5.75 Å². The summed E-state index contributed by atoms with van der Waals surface area (Å²) in [5.74, 6) is -0.425. The summed E-state index contributed by atoms with van der Waals surface area (Å²) in [5.41, 5.74) is 0.846. The van der Waals surface area contributed by atoms with Crippen molar-refractivity contribution >= 4 is 20.3 Å². The second kappa shape index (κ2) is 5.99. The van der Waals surface area contributed by atoms with Crippen LogP contribution in [0, 0.1) is 0 Å². The van der Waals surface area contributed by atoms with Crippen molar-refractivity contribution in [2.75, 3.05) is 0 Å². The van der Waals surface area contributed by atoms with E-state index in [0.717, 1.165) is 5.56 Å². The number of carboxylic acids is 1. The molecule has 0 saturated carbocycles. The van der Waals surface area contributed by atoms with Crippen LogP contribution in [0.25, 0.3) is 0 Å². The molecule has 0 heterocycles. The van der Waals surface area contributed by atoms with E-state index < -0.39 is 12.1 Å². The number of hydrogen-bond acceptors (Lipinski definition) is 2. The standard InChI is InChI=1S/C10H10O3.ClH.Ru/c1-7-5-3-4-6-9(7)13-8(2)10(11)12;;/h1,3-6,8H,2H3,(H,11,12);1H;/q;;+1/p-1. The van der Waals surface area contributed by atoms with E-state index in [1.165, 1.54) is 6.92 Å². The van der Waals surface area contributed by atoms with E-state index in [-0.39, 0.29) is 15.7 Å². The van der Waals surface area contributed by atoms with Crippen molar-refractivity contribution in [1.29, 1.82) is 0 Å². The van der Waals surface area contributed by atoms with Gasteiger partial charge in [0.05, 0.1) is 0 Å². The molecule has 1 unspecified atom stereocenters. The molecule has 83 valence electrons. The second-order valence-electron chi connectivity index (χ2n) is 2.82. The summed E-state index contributed by atoms with van der Waals surface area (Å²) >= 11 is -0.351. The van der Waals surface area contributed by atoms with Crippen LogP contribution in [0.15, 0.2) is 24.3 Å². The molecular formula is C10H10ClO3Ru. The van der Waals surface area contributed by atoms with Gasteiger partial charge in [0.1, 0.15) is 0 Å². The summed E-state index contributed by atoms with van der Waals surface area (Å²) in [7, 11) is 5.67. The third-order valence-corrected chi connectivity index (χ3v) is 2.91. The van der Waals surface area contributed by atoms with Gasteiger partial charge in [-0.2, -0.15) is 0 Å². The SMILES string of the molecule is CC(Oc1ccccc1[CH]=[Ru][Cl])C(=O)O. The summed E-state index contributed by atoms with van der Waals surface area (Å²) in [6, 6.07) is 7.24. The predicted molar refractivity (Wildman–Crippen MR) is 55.2 cm³/mol. The van der Waals surface area contributed by atoms with Gasteiger partial charge in [0.2, 0.25) is 0 Å². The van der Waals surface area contributed by atoms with Gasteiger partial charge in [-0.15, -0.1) is 0 Å². The molecule has 3 nitrogen and oxygen atoms in total. The van der Waals surface area contributed by atoms with Crippen molar-refractivity contribution in [2.45, 2.75) is 13.0 Å². The number of halogens is 1. The van der Waals surface area contributed by atoms with Crippen LogP contribution < -0.4 is 4.74 Å². The fourth-order valence-electron chi connectivity index (χ4n) is 0.955. The maximum absolute atomic E-state index is 10.6. The zero-order chi connectivity index (χ0) is 11.3. The average Bonchev–Trinajstić information content (AvgIpc) is 2.21. The Morgan fingerprint density at radius 1 is 1.60 bits per heavy atom. The molecule has 1 aromatic carbocycles. The van der Waals surface area contributed by atoms with Gasteiger partial charge in [-0.05, 0) is 0 Å². The molecule has 0 saturated heterocycles. The molecule has 1 rings (SSSR count). The Hall–Kier alpha value is -0.727. The first-order chi connectivity index (χ1) is 7.15. The van der Waals surface area contributed by atoms with Gasteiger partial charge in [-0.25, -0.2) is 0 Å². The van der Waals surface area contributed by atoms with Crippen LogP contribution in [-0.2, 0) is 20.5 Å². The Morgan fingerprint density at radius 2 is 2.27 bits per heavy atom. The number of aliphatic carboxylic acids is 1. The van der Waals surface area contributed by atoms with Crippen LogP contribution in [0.2, 0.25) is 0 Å². The molecule has 0 radical (unpaired) electrons. The summed E-state index contributed by atoms with van der Waals surface area (Å²) in [5, 5.41) is 8.71. The van der Waals surface area contributed by atoms with Crippen LogP contribution >= 0.6 is 9.69 Å². The third-order valence-electron chi connectivity index (χ3n) is 1.72. The number of ether oxygens (including phenoxy) is 1. The van der Waals surface area contributed by atoms with Crippen molar-refractivity contribution in [1.82, 2.24) is 0 Å². The summed E-state index contributed by atoms with van der Waals surface area (Å²) in [4.78, 5) is 10.6. The molecule has 0 aromatic heterocycles. The molecule has 0 spiro atoms. The van der Waals surface area contributed by atoms with Crippen molar-refractivity contribution in [3.05, 3.63) is 29.8 Å². The number of para-hydroxylation sites is 1. The van der Waals surface area contributed by atoms with Crippen LogP contribution in [-0.4, -0.2) is 21.8 Å². The number of carboxylic acid groups (broad SMARTS) is 1. The summed E-state index contributed by atoms with van der Waals surface area (Å²) < 4.78 is 7.14. The first kappa shape index (κ1) is 12.3. The molecule has 1 N–H and O–H groups in total. The number of hydrogen-bond donors (Lipinski definition) is 1. The number of rotatable bonds is 4. The predicted octanol–water partition coefficient (Wildman–Crippen LogP) is 1.93. The zero-order valence-corrected chi connectivity index (χ0v) is 10.5. The van der Waals surface area contributed by atoms with Crippen molar-refractivity contribution in [3.63, 3.8) is 0 Å². The first-order valence-electron chi connectivity index (χ1n) is 4.19. The normalized spacial score (nSPS) is 13.2. The van der Waals surface area contributed by atoms with Gasteiger partial charge >= 0.3 is 99.2 Å². The average molecular weight is 315 g/mol.